The van der Waals surface area contributed by atoms with Gasteiger partial charge in [0.25, 0.3) is 5.91 Å². The molecule has 3 heterocycles. The number of carbonyl (C=O) groups excluding carboxylic acids is 3. The van der Waals surface area contributed by atoms with Crippen LogP contribution in [0.25, 0.3) is 0 Å². The number of piperidine rings is 2. The Bertz CT molecular complexity index is 850. The van der Waals surface area contributed by atoms with Gasteiger partial charge in [-0.15, -0.1) is 0 Å². The Labute approximate surface area is 164 Å². The number of fused-ring (bicyclic) bond motifs is 3. The summed E-state index contributed by atoms with van der Waals surface area (Å²) in [6, 6.07) is 5.43. The Kier molecular flexibility index (Phi) is 4.25. The van der Waals surface area contributed by atoms with E-state index in [4.69, 9.17) is 0 Å². The highest BCUT2D eigenvalue weighted by Gasteiger charge is 2.42. The van der Waals surface area contributed by atoms with Crippen LogP contribution in [0.1, 0.15) is 53.6 Å². The van der Waals surface area contributed by atoms with E-state index in [9.17, 15) is 14.4 Å². The number of hydrogen-bond donors (Lipinski definition) is 3. The summed E-state index contributed by atoms with van der Waals surface area (Å²) in [7, 11) is 0. The molecule has 5 rings (SSSR count). The van der Waals surface area contributed by atoms with Gasteiger partial charge in [-0.05, 0) is 55.3 Å². The maximum atomic E-state index is 12.8. The van der Waals surface area contributed by atoms with Gasteiger partial charge in [0.2, 0.25) is 11.8 Å². The first-order valence-electron chi connectivity index (χ1n) is 10.3. The van der Waals surface area contributed by atoms with Gasteiger partial charge in [0.15, 0.2) is 0 Å². The number of nitrogens with one attached hydrogen (secondary N) is 3. The molecule has 0 spiro atoms. The van der Waals surface area contributed by atoms with Crippen molar-refractivity contribution in [1.82, 2.24) is 20.9 Å². The number of hydrogen-bond acceptors (Lipinski definition) is 5. The molecule has 4 aliphatic rings. The molecular weight excluding hydrogens is 356 g/mol. The van der Waals surface area contributed by atoms with Crippen LogP contribution in [0.5, 0.6) is 0 Å². The minimum Gasteiger partial charge on any atom is -0.322 e. The molecule has 2 bridgehead atoms. The average molecular weight is 382 g/mol. The fraction of sp³-hybridized carbons (Fsp3) is 0.571. The molecule has 3 N–H and O–H groups in total. The Morgan fingerprint density at radius 3 is 2.96 bits per heavy atom. The van der Waals surface area contributed by atoms with E-state index in [2.05, 4.69) is 22.0 Å². The summed E-state index contributed by atoms with van der Waals surface area (Å²) >= 11 is 0. The largest absolute Gasteiger partial charge is 0.322 e. The molecule has 3 amide bonds. The summed E-state index contributed by atoms with van der Waals surface area (Å²) in [6.45, 7) is 3.38. The summed E-state index contributed by atoms with van der Waals surface area (Å²) in [6.07, 6.45) is 4.43. The SMILES string of the molecule is O=C1CCC(N2Cc3cc(CNC45CCC(CNC4)C5)ccc3C2=O)C(=O)N1. The molecule has 7 heteroatoms. The summed E-state index contributed by atoms with van der Waals surface area (Å²) in [5.74, 6) is 0.0576. The Hall–Kier alpha value is -2.25. The number of amides is 3. The number of nitrogens with zero attached hydrogens (tertiary/aromatic N) is 1. The van der Waals surface area contributed by atoms with Crippen molar-refractivity contribution in [2.24, 2.45) is 5.92 Å². The zero-order chi connectivity index (χ0) is 19.3. The van der Waals surface area contributed by atoms with Crippen LogP contribution in [-0.2, 0) is 22.7 Å². The van der Waals surface area contributed by atoms with Crippen LogP contribution in [-0.4, -0.2) is 47.3 Å². The van der Waals surface area contributed by atoms with Gasteiger partial charge in [0.05, 0.1) is 0 Å². The minimum absolute atomic E-state index is 0.113. The number of rotatable bonds is 4. The van der Waals surface area contributed by atoms with Crippen molar-refractivity contribution in [3.8, 4) is 0 Å². The van der Waals surface area contributed by atoms with Crippen LogP contribution in [0.15, 0.2) is 18.2 Å². The van der Waals surface area contributed by atoms with Gasteiger partial charge in [-0.1, -0.05) is 12.1 Å². The van der Waals surface area contributed by atoms with Crippen molar-refractivity contribution in [2.75, 3.05) is 13.1 Å². The predicted molar refractivity (Wildman–Crippen MR) is 102 cm³/mol. The van der Waals surface area contributed by atoms with Crippen LogP contribution in [0, 0.1) is 5.92 Å². The van der Waals surface area contributed by atoms with Gasteiger partial charge >= 0.3 is 0 Å². The molecule has 7 nitrogen and oxygen atoms in total. The third kappa shape index (κ3) is 3.02. The lowest BCUT2D eigenvalue weighted by Crippen LogP contribution is -2.53. The van der Waals surface area contributed by atoms with Crippen molar-refractivity contribution in [2.45, 2.75) is 56.8 Å². The van der Waals surface area contributed by atoms with E-state index in [1.54, 1.807) is 4.90 Å². The van der Waals surface area contributed by atoms with E-state index in [-0.39, 0.29) is 29.7 Å². The van der Waals surface area contributed by atoms with E-state index in [1.165, 1.54) is 24.8 Å². The lowest BCUT2D eigenvalue weighted by Gasteiger charge is -2.35. The highest BCUT2D eigenvalue weighted by molar-refractivity contribution is 6.05. The third-order valence-electron chi connectivity index (χ3n) is 6.86. The van der Waals surface area contributed by atoms with Crippen LogP contribution in [0.2, 0.25) is 0 Å². The second-order valence-electron chi connectivity index (χ2n) is 8.77. The molecule has 0 radical (unpaired) electrons. The Morgan fingerprint density at radius 1 is 1.21 bits per heavy atom. The maximum Gasteiger partial charge on any atom is 0.255 e. The second kappa shape index (κ2) is 6.67. The van der Waals surface area contributed by atoms with Crippen LogP contribution in [0.3, 0.4) is 0 Å². The molecule has 28 heavy (non-hydrogen) atoms. The quantitative estimate of drug-likeness (QED) is 0.667. The molecule has 3 fully saturated rings. The van der Waals surface area contributed by atoms with Gasteiger partial charge in [0.1, 0.15) is 6.04 Å². The number of carbonyl (C=O) groups is 3. The zero-order valence-corrected chi connectivity index (χ0v) is 15.9. The van der Waals surface area contributed by atoms with Gasteiger partial charge in [-0.3, -0.25) is 19.7 Å². The molecule has 1 aliphatic carbocycles. The summed E-state index contributed by atoms with van der Waals surface area (Å²) in [5.41, 5.74) is 3.01. The average Bonchev–Trinajstić information content (AvgIpc) is 3.16. The lowest BCUT2D eigenvalue weighted by atomic mass is 9.92. The normalized spacial score (nSPS) is 31.9. The van der Waals surface area contributed by atoms with Crippen molar-refractivity contribution < 1.29 is 14.4 Å². The highest BCUT2D eigenvalue weighted by atomic mass is 16.2. The van der Waals surface area contributed by atoms with Crippen LogP contribution in [0.4, 0.5) is 0 Å². The standard InChI is InChI=1S/C21H26N4O3/c26-18-4-3-17(19(27)24-18)25-11-15-7-13(1-2-16(15)20(25)28)10-23-21-6-5-14(8-21)9-22-12-21/h1-2,7,14,17,22-23H,3-6,8-12H2,(H,24,26,27). The monoisotopic (exact) mass is 382 g/mol. The topological polar surface area (TPSA) is 90.5 Å². The molecule has 2 saturated heterocycles. The first kappa shape index (κ1) is 17.8. The van der Waals surface area contributed by atoms with Crippen molar-refractivity contribution in [3.05, 3.63) is 34.9 Å². The molecule has 3 aliphatic heterocycles. The third-order valence-corrected chi connectivity index (χ3v) is 6.86. The van der Waals surface area contributed by atoms with E-state index in [0.717, 1.165) is 31.1 Å². The van der Waals surface area contributed by atoms with Crippen molar-refractivity contribution in [3.63, 3.8) is 0 Å². The van der Waals surface area contributed by atoms with Crippen LogP contribution < -0.4 is 16.0 Å². The predicted octanol–water partition coefficient (Wildman–Crippen LogP) is 0.679. The molecule has 1 saturated carbocycles. The van der Waals surface area contributed by atoms with Gasteiger partial charge in [-0.25, -0.2) is 0 Å². The van der Waals surface area contributed by atoms with E-state index >= 15 is 0 Å². The van der Waals surface area contributed by atoms with Crippen molar-refractivity contribution in [1.29, 1.82) is 0 Å². The molecule has 148 valence electrons. The minimum atomic E-state index is -0.554. The first-order valence-corrected chi connectivity index (χ1v) is 10.3. The molecule has 3 unspecified atom stereocenters. The van der Waals surface area contributed by atoms with Crippen molar-refractivity contribution >= 4 is 17.7 Å². The van der Waals surface area contributed by atoms with Crippen LogP contribution >= 0.6 is 0 Å². The maximum absolute atomic E-state index is 12.8. The number of benzene rings is 1. The van der Waals surface area contributed by atoms with Gasteiger partial charge in [-0.2, -0.15) is 0 Å². The Balaban J connectivity index is 1.28. The van der Waals surface area contributed by atoms with Gasteiger partial charge in [0, 0.05) is 37.2 Å². The smallest absolute Gasteiger partial charge is 0.255 e. The lowest BCUT2D eigenvalue weighted by molar-refractivity contribution is -0.136. The van der Waals surface area contributed by atoms with E-state index in [0.29, 0.717) is 18.5 Å². The van der Waals surface area contributed by atoms with E-state index in [1.807, 2.05) is 12.1 Å². The highest BCUT2D eigenvalue weighted by Crippen LogP contribution is 2.37. The molecule has 1 aromatic carbocycles. The molecule has 3 atom stereocenters. The summed E-state index contributed by atoms with van der Waals surface area (Å²) in [4.78, 5) is 37.9. The zero-order valence-electron chi connectivity index (χ0n) is 15.9. The summed E-state index contributed by atoms with van der Waals surface area (Å²) < 4.78 is 0. The second-order valence-corrected chi connectivity index (χ2v) is 8.77. The Morgan fingerprint density at radius 2 is 2.11 bits per heavy atom. The number of imide groups is 1. The molecule has 1 aromatic rings. The summed E-state index contributed by atoms with van der Waals surface area (Å²) in [5, 5.41) is 9.66. The molecular formula is C21H26N4O3. The first-order chi connectivity index (χ1) is 13.5. The fourth-order valence-corrected chi connectivity index (χ4v) is 5.34. The van der Waals surface area contributed by atoms with E-state index < -0.39 is 6.04 Å². The van der Waals surface area contributed by atoms with Gasteiger partial charge < -0.3 is 15.5 Å². The fourth-order valence-electron chi connectivity index (χ4n) is 5.34. The molecule has 0 aromatic heterocycles.